The SMILES string of the molecule is C=CCCCCCCCCC(=O)Cl.C=CCCCCCCCCC(=O)Oc1ccc([N+](=O)[O-])cc1.CO[Si](CCCCCCCCCCC(=O)Oc1ccc([N+](=O)[O-])cc1)(OC)OC.O=[N+]([O-])c1ccc(O)cc1.[V]. The van der Waals surface area contributed by atoms with Crippen molar-refractivity contribution in [2.24, 2.45) is 0 Å². The maximum absolute atomic E-state index is 11.8. The minimum absolute atomic E-state index is 0. The second kappa shape index (κ2) is 47.2. The molecule has 0 heterocycles. The Morgan fingerprint density at radius 1 is 0.493 bits per heavy atom. The second-order valence-electron chi connectivity index (χ2n) is 17.1. The Morgan fingerprint density at radius 3 is 1.07 bits per heavy atom. The van der Waals surface area contributed by atoms with Crippen molar-refractivity contribution < 1.29 is 75.6 Å². The van der Waals surface area contributed by atoms with E-state index in [9.17, 15) is 44.7 Å². The van der Waals surface area contributed by atoms with Crippen LogP contribution in [-0.2, 0) is 46.2 Å². The van der Waals surface area contributed by atoms with Gasteiger partial charge in [-0.2, -0.15) is 0 Å². The summed E-state index contributed by atoms with van der Waals surface area (Å²) in [6.45, 7) is 7.37. The van der Waals surface area contributed by atoms with Crippen LogP contribution in [0.5, 0.6) is 17.2 Å². The first-order valence-corrected chi connectivity index (χ1v) is 27.8. The number of esters is 2. The molecule has 1 radical (unpaired) electrons. The topological polar surface area (TPSA) is 247 Å². The van der Waals surface area contributed by atoms with Crippen LogP contribution in [-0.4, -0.2) is 67.2 Å². The van der Waals surface area contributed by atoms with Crippen LogP contribution in [0, 0.1) is 30.3 Å². The average Bonchev–Trinajstić information content (AvgIpc) is 3.38. The minimum Gasteiger partial charge on any atom is -0.508 e. The normalized spacial score (nSPS) is 10.3. The van der Waals surface area contributed by atoms with Gasteiger partial charge in [-0.1, -0.05) is 102 Å². The summed E-state index contributed by atoms with van der Waals surface area (Å²) in [5.74, 6) is 0.121. The Kier molecular flexibility index (Phi) is 45.2. The number of phenolic OH excluding ortho intramolecular Hbond substituents is 1. The third-order valence-corrected chi connectivity index (χ3v) is 14.3. The summed E-state index contributed by atoms with van der Waals surface area (Å²) in [7, 11) is 2.50. The van der Waals surface area contributed by atoms with Gasteiger partial charge >= 0.3 is 20.7 Å². The Morgan fingerprint density at radius 2 is 0.773 bits per heavy atom. The largest absolute Gasteiger partial charge is 0.508 e. The minimum atomic E-state index is -2.42. The zero-order valence-corrected chi connectivity index (χ0v) is 47.4. The van der Waals surface area contributed by atoms with E-state index < -0.39 is 23.6 Å². The maximum atomic E-state index is 11.8. The van der Waals surface area contributed by atoms with E-state index in [0.717, 1.165) is 89.5 Å². The van der Waals surface area contributed by atoms with Gasteiger partial charge < -0.3 is 27.9 Å². The van der Waals surface area contributed by atoms with Gasteiger partial charge in [0.15, 0.2) is 0 Å². The van der Waals surface area contributed by atoms with Gasteiger partial charge in [-0.3, -0.25) is 44.7 Å². The Balaban J connectivity index is 0. The molecule has 0 spiro atoms. The zero-order chi connectivity index (χ0) is 55.2. The fourth-order valence-electron chi connectivity index (χ4n) is 6.96. The van der Waals surface area contributed by atoms with Gasteiger partial charge in [0, 0.05) is 102 Å². The van der Waals surface area contributed by atoms with E-state index in [-0.39, 0.29) is 58.5 Å². The number of benzene rings is 3. The van der Waals surface area contributed by atoms with Crippen LogP contribution in [0.3, 0.4) is 0 Å². The number of aromatic hydroxyl groups is 1. The van der Waals surface area contributed by atoms with Crippen molar-refractivity contribution in [3.05, 3.63) is 128 Å². The number of rotatable bonds is 37. The summed E-state index contributed by atoms with van der Waals surface area (Å²) in [6.07, 6.45) is 29.5. The standard InChI is InChI=1S/C20H33NO7Si.C17H23NO4.C11H19ClO.C6H5NO3.V/c1-25-29(26-2,27-3)17-11-9-7-5-4-6-8-10-12-20(22)28-19-15-13-18(14-16-19)21(23)24;1-2-3-4-5-6-7-8-9-10-17(19)22-16-13-11-15(12-14-16)18(20)21;1-2-3-4-5-6-7-8-9-10-11(12)13;8-6-3-1-5(2-4-6)7(9)10;/h13-16H,4-12,17H2,1-3H3;2,11-14H,1,3-10H2;2H,1,3-10H2;1-4,8H;. The number of hydrogen-bond donors (Lipinski definition) is 1. The van der Waals surface area contributed by atoms with E-state index in [0.29, 0.717) is 30.8 Å². The summed E-state index contributed by atoms with van der Waals surface area (Å²) in [4.78, 5) is 63.5. The number of ether oxygens (including phenoxy) is 2. The van der Waals surface area contributed by atoms with E-state index in [4.69, 9.17) is 39.5 Å². The molecule has 0 amide bonds. The Hall–Kier alpha value is -5.28. The summed E-state index contributed by atoms with van der Waals surface area (Å²) in [6, 6.07) is 16.9. The number of carbonyl (C=O) groups is 3. The Bertz CT molecular complexity index is 2020. The molecule has 0 aromatic heterocycles. The van der Waals surface area contributed by atoms with Crippen LogP contribution in [0.2, 0.25) is 6.04 Å². The summed E-state index contributed by atoms with van der Waals surface area (Å²) in [5.41, 5.74) is -0.0589. The van der Waals surface area contributed by atoms with E-state index in [1.165, 1.54) is 131 Å². The number of phenols is 1. The monoisotopic (exact) mass is 1120 g/mol. The molecule has 3 aromatic rings. The number of unbranched alkanes of at least 4 members (excludes halogenated alkanes) is 19. The molecule has 0 aliphatic heterocycles. The van der Waals surface area contributed by atoms with Crippen LogP contribution in [0.1, 0.15) is 161 Å². The Labute approximate surface area is 461 Å². The predicted molar refractivity (Wildman–Crippen MR) is 290 cm³/mol. The smallest absolute Gasteiger partial charge is 0.500 e. The number of carbonyl (C=O) groups excluding carboxylic acids is 3. The molecule has 0 aliphatic carbocycles. The fourth-order valence-corrected chi connectivity index (χ4v) is 8.89. The quantitative estimate of drug-likeness (QED) is 0.00824. The van der Waals surface area contributed by atoms with Crippen LogP contribution >= 0.6 is 11.6 Å². The third-order valence-electron chi connectivity index (χ3n) is 11.2. The fraction of sp³-hybridized carbons (Fsp3) is 0.537. The number of nitro benzene ring substituents is 3. The second-order valence-corrected chi connectivity index (χ2v) is 20.6. The summed E-state index contributed by atoms with van der Waals surface area (Å²) in [5, 5.41) is 39.7. The van der Waals surface area contributed by atoms with Gasteiger partial charge in [-0.15, -0.1) is 13.2 Å². The zero-order valence-electron chi connectivity index (χ0n) is 44.2. The van der Waals surface area contributed by atoms with Gasteiger partial charge in [0.05, 0.1) is 14.8 Å². The molecule has 3 aromatic carbocycles. The number of nitro groups is 3. The van der Waals surface area contributed by atoms with E-state index in [2.05, 4.69) is 13.2 Å². The summed E-state index contributed by atoms with van der Waals surface area (Å²) < 4.78 is 26.6. The molecule has 0 aliphatic rings. The molecule has 0 fully saturated rings. The molecule has 3 rings (SSSR count). The first-order valence-electron chi connectivity index (χ1n) is 25.5. The summed E-state index contributed by atoms with van der Waals surface area (Å²) >= 11 is 5.21. The molecular weight excluding hydrogens is 1050 g/mol. The average molecular weight is 1130 g/mol. The number of nitrogens with zero attached hydrogens (tertiary/aromatic N) is 3. The molecule has 0 atom stereocenters. The molecule has 18 nitrogen and oxygen atoms in total. The van der Waals surface area contributed by atoms with Crippen molar-refractivity contribution in [2.45, 2.75) is 167 Å². The molecule has 75 heavy (non-hydrogen) atoms. The number of allylic oxidation sites excluding steroid dienone is 2. The van der Waals surface area contributed by atoms with Crippen LogP contribution in [0.15, 0.2) is 98.1 Å². The van der Waals surface area contributed by atoms with Gasteiger partial charge in [-0.25, -0.2) is 0 Å². The molecular formula is C54H80ClN3O15SiV. The van der Waals surface area contributed by atoms with Crippen LogP contribution in [0.4, 0.5) is 17.1 Å². The molecule has 0 saturated heterocycles. The first-order chi connectivity index (χ1) is 35.6. The third kappa shape index (κ3) is 39.8. The van der Waals surface area contributed by atoms with E-state index in [1.807, 2.05) is 12.2 Å². The number of non-ortho nitro benzene ring substituents is 3. The first kappa shape index (κ1) is 71.8. The van der Waals surface area contributed by atoms with Crippen LogP contribution < -0.4 is 9.47 Å². The van der Waals surface area contributed by atoms with Crippen molar-refractivity contribution >= 4 is 54.6 Å². The van der Waals surface area contributed by atoms with Crippen molar-refractivity contribution in [2.75, 3.05) is 21.3 Å². The molecule has 0 unspecified atom stereocenters. The van der Waals surface area contributed by atoms with Gasteiger partial charge in [-0.05, 0) is 99.4 Å². The van der Waals surface area contributed by atoms with E-state index >= 15 is 0 Å². The predicted octanol–water partition coefficient (Wildman–Crippen LogP) is 15.1. The van der Waals surface area contributed by atoms with Crippen molar-refractivity contribution in [3.63, 3.8) is 0 Å². The van der Waals surface area contributed by atoms with Crippen molar-refractivity contribution in [3.8, 4) is 17.2 Å². The van der Waals surface area contributed by atoms with Crippen molar-refractivity contribution in [1.82, 2.24) is 0 Å². The molecule has 0 bridgehead atoms. The van der Waals surface area contributed by atoms with Gasteiger partial charge in [0.1, 0.15) is 17.2 Å². The van der Waals surface area contributed by atoms with Gasteiger partial charge in [0.25, 0.3) is 17.1 Å². The molecule has 0 saturated carbocycles. The number of hydrogen-bond acceptors (Lipinski definition) is 15. The maximum Gasteiger partial charge on any atom is 0.500 e. The van der Waals surface area contributed by atoms with Gasteiger partial charge in [0.2, 0.25) is 5.24 Å². The molecule has 417 valence electrons. The van der Waals surface area contributed by atoms with E-state index in [1.54, 1.807) is 21.3 Å². The molecule has 21 heteroatoms. The number of halogens is 1. The van der Waals surface area contributed by atoms with Crippen LogP contribution in [0.25, 0.3) is 0 Å². The molecule has 1 N–H and O–H groups in total. The van der Waals surface area contributed by atoms with Crippen molar-refractivity contribution in [1.29, 1.82) is 0 Å².